The molecule has 23 heavy (non-hydrogen) atoms. The van der Waals surface area contributed by atoms with Crippen molar-refractivity contribution >= 4 is 11.9 Å². The Labute approximate surface area is 133 Å². The van der Waals surface area contributed by atoms with Gasteiger partial charge in [-0.05, 0) is 25.5 Å². The van der Waals surface area contributed by atoms with Crippen LogP contribution in [0.1, 0.15) is 30.3 Å². The Morgan fingerprint density at radius 2 is 2.13 bits per heavy atom. The van der Waals surface area contributed by atoms with Gasteiger partial charge in [-0.1, -0.05) is 12.1 Å². The van der Waals surface area contributed by atoms with Gasteiger partial charge >= 0.3 is 5.97 Å². The molecule has 0 bridgehead atoms. The predicted molar refractivity (Wildman–Crippen MR) is 81.7 cm³/mol. The Morgan fingerprint density at radius 1 is 1.30 bits per heavy atom. The Balaban J connectivity index is 1.96. The van der Waals surface area contributed by atoms with Crippen molar-refractivity contribution in [2.24, 2.45) is 5.73 Å². The van der Waals surface area contributed by atoms with Crippen molar-refractivity contribution in [2.45, 2.75) is 19.8 Å². The van der Waals surface area contributed by atoms with Crippen molar-refractivity contribution in [3.63, 3.8) is 0 Å². The van der Waals surface area contributed by atoms with Crippen molar-refractivity contribution in [3.8, 4) is 17.0 Å². The van der Waals surface area contributed by atoms with Gasteiger partial charge in [-0.25, -0.2) is 0 Å². The summed E-state index contributed by atoms with van der Waals surface area (Å²) in [7, 11) is 0. The van der Waals surface area contributed by atoms with Crippen molar-refractivity contribution in [2.75, 3.05) is 13.2 Å². The highest BCUT2D eigenvalue weighted by Gasteiger charge is 2.15. The zero-order chi connectivity index (χ0) is 16.7. The van der Waals surface area contributed by atoms with Gasteiger partial charge in [0.15, 0.2) is 5.69 Å². The summed E-state index contributed by atoms with van der Waals surface area (Å²) in [6.45, 7) is 2.52. The number of carbonyl (C=O) groups excluding carboxylic acids is 2. The number of H-pyrrole nitrogens is 1. The molecule has 0 radical (unpaired) electrons. The van der Waals surface area contributed by atoms with E-state index in [1.54, 1.807) is 31.2 Å². The van der Waals surface area contributed by atoms with Crippen molar-refractivity contribution in [3.05, 3.63) is 30.0 Å². The van der Waals surface area contributed by atoms with Crippen LogP contribution in [-0.2, 0) is 9.53 Å². The third-order valence-electron chi connectivity index (χ3n) is 2.99. The van der Waals surface area contributed by atoms with E-state index in [4.69, 9.17) is 15.2 Å². The molecule has 1 heterocycles. The fourth-order valence-electron chi connectivity index (χ4n) is 1.98. The minimum absolute atomic E-state index is 0.0736. The molecule has 1 aromatic heterocycles. The number of rotatable bonds is 8. The van der Waals surface area contributed by atoms with Crippen LogP contribution in [-0.4, -0.2) is 40.5 Å². The van der Waals surface area contributed by atoms with Gasteiger partial charge in [0.2, 0.25) is 0 Å². The van der Waals surface area contributed by atoms with Gasteiger partial charge in [0.1, 0.15) is 11.4 Å². The molecule has 0 aliphatic carbocycles. The van der Waals surface area contributed by atoms with Gasteiger partial charge in [-0.3, -0.25) is 9.59 Å². The lowest BCUT2D eigenvalue weighted by Crippen LogP contribution is -2.12. The Kier molecular flexibility index (Phi) is 5.67. The molecular weight excluding hydrogens is 300 g/mol. The molecule has 122 valence electrons. The number of amides is 1. The monoisotopic (exact) mass is 318 g/mol. The maximum atomic E-state index is 11.3. The van der Waals surface area contributed by atoms with E-state index in [0.717, 1.165) is 0 Å². The highest BCUT2D eigenvalue weighted by atomic mass is 16.5. The van der Waals surface area contributed by atoms with E-state index >= 15 is 0 Å². The summed E-state index contributed by atoms with van der Waals surface area (Å²) in [6, 6.07) is 7.05. The van der Waals surface area contributed by atoms with Crippen LogP contribution < -0.4 is 10.5 Å². The topological polar surface area (TPSA) is 120 Å². The number of aromatic nitrogens is 3. The molecule has 2 aromatic rings. The van der Waals surface area contributed by atoms with Gasteiger partial charge in [0.05, 0.1) is 13.2 Å². The summed E-state index contributed by atoms with van der Waals surface area (Å²) in [6.07, 6.45) is 0.863. The first kappa shape index (κ1) is 16.5. The van der Waals surface area contributed by atoms with Crippen LogP contribution >= 0.6 is 0 Å². The third kappa shape index (κ3) is 4.53. The first-order chi connectivity index (χ1) is 11.1. The molecule has 0 saturated carbocycles. The van der Waals surface area contributed by atoms with Gasteiger partial charge in [0, 0.05) is 12.0 Å². The van der Waals surface area contributed by atoms with Crippen LogP contribution in [0.3, 0.4) is 0 Å². The van der Waals surface area contributed by atoms with Gasteiger partial charge in [-0.2, -0.15) is 15.4 Å². The smallest absolute Gasteiger partial charge is 0.305 e. The number of nitrogens with two attached hydrogens (primary N) is 1. The molecule has 0 aliphatic heterocycles. The second kappa shape index (κ2) is 7.92. The second-order valence-electron chi connectivity index (χ2n) is 4.67. The first-order valence-corrected chi connectivity index (χ1v) is 7.21. The van der Waals surface area contributed by atoms with Gasteiger partial charge in [0.25, 0.3) is 5.91 Å². The van der Waals surface area contributed by atoms with Crippen molar-refractivity contribution in [1.29, 1.82) is 0 Å². The Bertz CT molecular complexity index is 684. The molecule has 0 atom stereocenters. The molecule has 0 unspecified atom stereocenters. The first-order valence-electron chi connectivity index (χ1n) is 7.21. The Morgan fingerprint density at radius 3 is 2.87 bits per heavy atom. The number of hydrogen-bond acceptors (Lipinski definition) is 6. The SMILES string of the molecule is CCOC(=O)CCCOc1cccc(-c2n[nH]nc2C(N)=O)c1. The molecule has 8 nitrogen and oxygen atoms in total. The molecule has 0 aliphatic rings. The number of benzene rings is 1. The van der Waals surface area contributed by atoms with E-state index in [2.05, 4.69) is 15.4 Å². The molecule has 3 N–H and O–H groups in total. The number of ether oxygens (including phenoxy) is 2. The van der Waals surface area contributed by atoms with Crippen LogP contribution in [0.25, 0.3) is 11.3 Å². The molecule has 1 aromatic carbocycles. The summed E-state index contributed by atoms with van der Waals surface area (Å²) in [5.41, 5.74) is 6.36. The van der Waals surface area contributed by atoms with Crippen molar-refractivity contribution in [1.82, 2.24) is 15.4 Å². The average molecular weight is 318 g/mol. The molecule has 1 amide bonds. The molecule has 0 fully saturated rings. The maximum absolute atomic E-state index is 11.3. The van der Waals surface area contributed by atoms with E-state index in [-0.39, 0.29) is 11.7 Å². The van der Waals surface area contributed by atoms with E-state index in [1.165, 1.54) is 0 Å². The lowest BCUT2D eigenvalue weighted by molar-refractivity contribution is -0.143. The van der Waals surface area contributed by atoms with Crippen LogP contribution in [0.5, 0.6) is 5.75 Å². The molecular formula is C15H18N4O4. The predicted octanol–water partition coefficient (Wildman–Crippen LogP) is 1.29. The number of primary amides is 1. The van der Waals surface area contributed by atoms with Crippen LogP contribution in [0.2, 0.25) is 0 Å². The summed E-state index contributed by atoms with van der Waals surface area (Å²) in [4.78, 5) is 22.5. The fourth-order valence-corrected chi connectivity index (χ4v) is 1.98. The fraction of sp³-hybridized carbons (Fsp3) is 0.333. The maximum Gasteiger partial charge on any atom is 0.305 e. The zero-order valence-corrected chi connectivity index (χ0v) is 12.7. The lowest BCUT2D eigenvalue weighted by atomic mass is 10.1. The largest absolute Gasteiger partial charge is 0.494 e. The number of esters is 1. The van der Waals surface area contributed by atoms with Crippen LogP contribution in [0, 0.1) is 0 Å². The normalized spacial score (nSPS) is 10.3. The van der Waals surface area contributed by atoms with Gasteiger partial charge < -0.3 is 15.2 Å². The number of carbonyl (C=O) groups is 2. The highest BCUT2D eigenvalue weighted by molar-refractivity contribution is 5.96. The molecule has 2 rings (SSSR count). The second-order valence-corrected chi connectivity index (χ2v) is 4.67. The average Bonchev–Trinajstić information content (AvgIpc) is 3.02. The summed E-state index contributed by atoms with van der Waals surface area (Å²) < 4.78 is 10.4. The molecule has 0 spiro atoms. The highest BCUT2D eigenvalue weighted by Crippen LogP contribution is 2.24. The summed E-state index contributed by atoms with van der Waals surface area (Å²) in [5, 5.41) is 10.0. The lowest BCUT2D eigenvalue weighted by Gasteiger charge is -2.07. The molecule has 8 heteroatoms. The zero-order valence-electron chi connectivity index (χ0n) is 12.7. The summed E-state index contributed by atoms with van der Waals surface area (Å²) in [5.74, 6) is -0.294. The minimum atomic E-state index is -0.658. The number of aromatic amines is 1. The Hall–Kier alpha value is -2.90. The minimum Gasteiger partial charge on any atom is -0.494 e. The standard InChI is InChI=1S/C15H18N4O4/c1-2-22-12(20)7-4-8-23-11-6-3-5-10(9-11)13-14(15(16)21)18-19-17-13/h3,5-6,9H,2,4,7-8H2,1H3,(H2,16,21)(H,17,18,19). The number of nitrogens with zero attached hydrogens (tertiary/aromatic N) is 2. The molecule has 0 saturated heterocycles. The van der Waals surface area contributed by atoms with Crippen LogP contribution in [0.15, 0.2) is 24.3 Å². The number of nitrogens with one attached hydrogen (secondary N) is 1. The quantitative estimate of drug-likeness (QED) is 0.559. The number of hydrogen-bond donors (Lipinski definition) is 2. The van der Waals surface area contributed by atoms with E-state index in [9.17, 15) is 9.59 Å². The van der Waals surface area contributed by atoms with Crippen molar-refractivity contribution < 1.29 is 19.1 Å². The summed E-state index contributed by atoms with van der Waals surface area (Å²) >= 11 is 0. The van der Waals surface area contributed by atoms with E-state index in [1.807, 2.05) is 0 Å². The van der Waals surface area contributed by atoms with E-state index < -0.39 is 5.91 Å². The van der Waals surface area contributed by atoms with E-state index in [0.29, 0.717) is 43.1 Å². The van der Waals surface area contributed by atoms with Crippen LogP contribution in [0.4, 0.5) is 0 Å². The third-order valence-corrected chi connectivity index (χ3v) is 2.99. The van der Waals surface area contributed by atoms with Gasteiger partial charge in [-0.15, -0.1) is 0 Å².